The zero-order chi connectivity index (χ0) is 11.5. The second-order valence-corrected chi connectivity index (χ2v) is 4.14. The molecule has 1 heterocycles. The first-order chi connectivity index (χ1) is 7.76. The van der Waals surface area contributed by atoms with E-state index in [0.29, 0.717) is 0 Å². The molecule has 0 fully saturated rings. The van der Waals surface area contributed by atoms with E-state index in [1.165, 1.54) is 6.33 Å². The van der Waals surface area contributed by atoms with Crippen LogP contribution < -0.4 is 0 Å². The normalized spacial score (nSPS) is 11.2. The smallest absolute Gasteiger partial charge is 0.201 e. The van der Waals surface area contributed by atoms with Gasteiger partial charge in [-0.05, 0) is 18.2 Å². The van der Waals surface area contributed by atoms with Crippen LogP contribution in [-0.2, 0) is 9.47 Å². The third-order valence-electron chi connectivity index (χ3n) is 2.28. The molecule has 0 aliphatic rings. The van der Waals surface area contributed by atoms with Crippen LogP contribution in [0.5, 0.6) is 0 Å². The molecule has 0 aliphatic heterocycles. The Balaban J connectivity index is 2.64. The van der Waals surface area contributed by atoms with Crippen molar-refractivity contribution in [1.29, 1.82) is 0 Å². The van der Waals surface area contributed by atoms with Gasteiger partial charge in [0, 0.05) is 24.1 Å². The Labute approximate surface area is 102 Å². The van der Waals surface area contributed by atoms with Gasteiger partial charge in [0.15, 0.2) is 0 Å². The summed E-state index contributed by atoms with van der Waals surface area (Å²) in [5.74, 6) is 0. The van der Waals surface area contributed by atoms with Gasteiger partial charge in [0.2, 0.25) is 6.29 Å². The summed E-state index contributed by atoms with van der Waals surface area (Å²) in [4.78, 5) is 8.40. The molecular weight excluding hydrogens is 272 g/mol. The van der Waals surface area contributed by atoms with Crippen LogP contribution in [0, 0.1) is 0 Å². The Bertz CT molecular complexity index is 500. The standard InChI is InChI=1S/C11H11BrN2O2/c1-15-11(16-2)10-8-5-7(12)3-4-9(8)13-6-14-10/h3-6,11H,1-2H3. The van der Waals surface area contributed by atoms with E-state index in [2.05, 4.69) is 25.9 Å². The molecule has 2 rings (SSSR count). The topological polar surface area (TPSA) is 44.2 Å². The predicted molar refractivity (Wildman–Crippen MR) is 64.0 cm³/mol. The van der Waals surface area contributed by atoms with E-state index in [9.17, 15) is 0 Å². The maximum absolute atomic E-state index is 5.21. The Morgan fingerprint density at radius 3 is 2.62 bits per heavy atom. The fourth-order valence-electron chi connectivity index (χ4n) is 1.56. The van der Waals surface area contributed by atoms with E-state index < -0.39 is 6.29 Å². The molecule has 1 aromatic carbocycles. The number of hydrogen-bond acceptors (Lipinski definition) is 4. The van der Waals surface area contributed by atoms with Crippen LogP contribution in [0.4, 0.5) is 0 Å². The van der Waals surface area contributed by atoms with Gasteiger partial charge in [-0.1, -0.05) is 15.9 Å². The Hall–Kier alpha value is -1.04. The molecule has 0 amide bonds. The summed E-state index contributed by atoms with van der Waals surface area (Å²) in [5, 5.41) is 0.922. The molecule has 2 aromatic rings. The van der Waals surface area contributed by atoms with Crippen LogP contribution in [0.3, 0.4) is 0 Å². The van der Waals surface area contributed by atoms with Crippen molar-refractivity contribution >= 4 is 26.8 Å². The molecule has 0 spiro atoms. The fourth-order valence-corrected chi connectivity index (χ4v) is 1.92. The van der Waals surface area contributed by atoms with Crippen LogP contribution in [0.15, 0.2) is 29.0 Å². The lowest BCUT2D eigenvalue weighted by Crippen LogP contribution is -2.07. The Morgan fingerprint density at radius 2 is 1.94 bits per heavy atom. The molecule has 1 aromatic heterocycles. The van der Waals surface area contributed by atoms with Crippen molar-refractivity contribution in [2.24, 2.45) is 0 Å². The van der Waals surface area contributed by atoms with Gasteiger partial charge in [-0.25, -0.2) is 9.97 Å². The van der Waals surface area contributed by atoms with E-state index in [1.807, 2.05) is 18.2 Å². The van der Waals surface area contributed by atoms with E-state index in [0.717, 1.165) is 21.1 Å². The molecule has 0 saturated heterocycles. The summed E-state index contributed by atoms with van der Waals surface area (Å²) in [7, 11) is 3.17. The summed E-state index contributed by atoms with van der Waals surface area (Å²) in [6.45, 7) is 0. The van der Waals surface area contributed by atoms with Crippen molar-refractivity contribution in [3.63, 3.8) is 0 Å². The highest BCUT2D eigenvalue weighted by molar-refractivity contribution is 9.10. The molecule has 0 radical (unpaired) electrons. The van der Waals surface area contributed by atoms with E-state index in [1.54, 1.807) is 14.2 Å². The van der Waals surface area contributed by atoms with Crippen molar-refractivity contribution in [2.45, 2.75) is 6.29 Å². The molecule has 0 atom stereocenters. The van der Waals surface area contributed by atoms with E-state index in [-0.39, 0.29) is 0 Å². The van der Waals surface area contributed by atoms with E-state index >= 15 is 0 Å². The predicted octanol–water partition coefficient (Wildman–Crippen LogP) is 2.68. The minimum atomic E-state index is -0.472. The van der Waals surface area contributed by atoms with Gasteiger partial charge in [0.1, 0.15) is 12.0 Å². The number of fused-ring (bicyclic) bond motifs is 1. The number of benzene rings is 1. The summed E-state index contributed by atoms with van der Waals surface area (Å²) >= 11 is 3.42. The SMILES string of the molecule is COC(OC)c1ncnc2ccc(Br)cc12. The molecule has 0 aliphatic carbocycles. The van der Waals surface area contributed by atoms with Crippen molar-refractivity contribution in [1.82, 2.24) is 9.97 Å². The quantitative estimate of drug-likeness (QED) is 0.812. The highest BCUT2D eigenvalue weighted by atomic mass is 79.9. The summed E-state index contributed by atoms with van der Waals surface area (Å²) in [6.07, 6.45) is 1.04. The zero-order valence-corrected chi connectivity index (χ0v) is 10.6. The number of aromatic nitrogens is 2. The third kappa shape index (κ3) is 2.07. The molecule has 84 valence electrons. The first-order valence-corrected chi connectivity index (χ1v) is 5.51. The van der Waals surface area contributed by atoms with Crippen LogP contribution in [-0.4, -0.2) is 24.2 Å². The lowest BCUT2D eigenvalue weighted by molar-refractivity contribution is -0.107. The molecule has 5 heteroatoms. The molecule has 4 nitrogen and oxygen atoms in total. The van der Waals surface area contributed by atoms with E-state index in [4.69, 9.17) is 9.47 Å². The van der Waals surface area contributed by atoms with Gasteiger partial charge in [0.25, 0.3) is 0 Å². The molecule has 0 bridgehead atoms. The number of ether oxygens (including phenoxy) is 2. The average molecular weight is 283 g/mol. The second kappa shape index (κ2) is 4.86. The number of hydrogen-bond donors (Lipinski definition) is 0. The van der Waals surface area contributed by atoms with Crippen LogP contribution in [0.25, 0.3) is 10.9 Å². The lowest BCUT2D eigenvalue weighted by atomic mass is 10.2. The molecule has 0 unspecified atom stereocenters. The van der Waals surface area contributed by atoms with Crippen LogP contribution >= 0.6 is 15.9 Å². The van der Waals surface area contributed by atoms with Gasteiger partial charge in [-0.2, -0.15) is 0 Å². The largest absolute Gasteiger partial charge is 0.350 e. The minimum Gasteiger partial charge on any atom is -0.350 e. The first kappa shape index (κ1) is 11.4. The minimum absolute atomic E-state index is 0.472. The fraction of sp³-hybridized carbons (Fsp3) is 0.273. The second-order valence-electron chi connectivity index (χ2n) is 3.22. The molecule has 0 saturated carbocycles. The number of nitrogens with zero attached hydrogens (tertiary/aromatic N) is 2. The van der Waals surface area contributed by atoms with Gasteiger partial charge < -0.3 is 9.47 Å². The highest BCUT2D eigenvalue weighted by Crippen LogP contribution is 2.25. The maximum atomic E-state index is 5.21. The van der Waals surface area contributed by atoms with Crippen molar-refractivity contribution in [3.8, 4) is 0 Å². The maximum Gasteiger partial charge on any atom is 0.201 e. The van der Waals surface area contributed by atoms with Gasteiger partial charge in [-0.3, -0.25) is 0 Å². The van der Waals surface area contributed by atoms with Gasteiger partial charge in [0.05, 0.1) is 5.52 Å². The molecular formula is C11H11BrN2O2. The van der Waals surface area contributed by atoms with Crippen LogP contribution in [0.1, 0.15) is 12.0 Å². The van der Waals surface area contributed by atoms with Gasteiger partial charge in [-0.15, -0.1) is 0 Å². The summed E-state index contributed by atoms with van der Waals surface area (Å²) in [5.41, 5.74) is 1.60. The first-order valence-electron chi connectivity index (χ1n) is 4.72. The molecule has 0 N–H and O–H groups in total. The zero-order valence-electron chi connectivity index (χ0n) is 8.98. The third-order valence-corrected chi connectivity index (χ3v) is 2.77. The molecule has 16 heavy (non-hydrogen) atoms. The summed E-state index contributed by atoms with van der Waals surface area (Å²) < 4.78 is 11.4. The highest BCUT2D eigenvalue weighted by Gasteiger charge is 2.14. The summed E-state index contributed by atoms with van der Waals surface area (Å²) in [6, 6.07) is 5.82. The number of rotatable bonds is 3. The van der Waals surface area contributed by atoms with Crippen molar-refractivity contribution in [3.05, 3.63) is 34.7 Å². The number of halogens is 1. The monoisotopic (exact) mass is 282 g/mol. The van der Waals surface area contributed by atoms with Crippen molar-refractivity contribution in [2.75, 3.05) is 14.2 Å². The Kier molecular flexibility index (Phi) is 3.48. The number of methoxy groups -OCH3 is 2. The average Bonchev–Trinajstić information content (AvgIpc) is 2.31. The Morgan fingerprint density at radius 1 is 1.19 bits per heavy atom. The lowest BCUT2D eigenvalue weighted by Gasteiger charge is -2.14. The van der Waals surface area contributed by atoms with Crippen LogP contribution in [0.2, 0.25) is 0 Å². The van der Waals surface area contributed by atoms with Gasteiger partial charge >= 0.3 is 0 Å². The van der Waals surface area contributed by atoms with Crippen molar-refractivity contribution < 1.29 is 9.47 Å².